The summed E-state index contributed by atoms with van der Waals surface area (Å²) in [6.07, 6.45) is -11.4. The number of para-hydroxylation sites is 1. The summed E-state index contributed by atoms with van der Waals surface area (Å²) in [7, 11) is 0. The highest BCUT2D eigenvalue weighted by atomic mass is 35.5. The quantitative estimate of drug-likeness (QED) is 0.264. The second-order valence-electron chi connectivity index (χ2n) is 9.47. The predicted molar refractivity (Wildman–Crippen MR) is 143 cm³/mol. The van der Waals surface area contributed by atoms with Gasteiger partial charge in [-0.25, -0.2) is 9.59 Å². The zero-order valence-electron chi connectivity index (χ0n) is 23.2. The van der Waals surface area contributed by atoms with E-state index >= 15 is 0 Å². The second-order valence-corrected chi connectivity index (χ2v) is 9.47. The molecule has 1 aromatic heterocycles. The number of fused-ring (bicyclic) bond motifs is 1. The summed E-state index contributed by atoms with van der Waals surface area (Å²) < 4.78 is 84.7. The molecule has 0 saturated heterocycles. The van der Waals surface area contributed by atoms with E-state index in [0.717, 1.165) is 5.39 Å². The summed E-state index contributed by atoms with van der Waals surface area (Å²) in [6, 6.07) is 7.70. The van der Waals surface area contributed by atoms with Crippen molar-refractivity contribution in [2.75, 3.05) is 26.3 Å². The van der Waals surface area contributed by atoms with Crippen LogP contribution >= 0.6 is 12.4 Å². The molecule has 0 spiro atoms. The fourth-order valence-corrected chi connectivity index (χ4v) is 3.02. The Kier molecular flexibility index (Phi) is 16.1. The molecule has 5 N–H and O–H groups in total. The zero-order chi connectivity index (χ0) is 31.4. The largest absolute Gasteiger partial charge is 0.451 e. The van der Waals surface area contributed by atoms with Gasteiger partial charge in [0, 0.05) is 24.5 Å². The van der Waals surface area contributed by atoms with E-state index in [9.17, 15) is 40.7 Å². The Balaban J connectivity index is 0.000000904. The van der Waals surface area contributed by atoms with Gasteiger partial charge in [0.25, 0.3) is 5.91 Å². The van der Waals surface area contributed by atoms with Crippen LogP contribution < -0.4 is 21.7 Å². The molecule has 0 unspecified atom stereocenters. The average Bonchev–Trinajstić information content (AvgIpc) is 3.31. The van der Waals surface area contributed by atoms with Gasteiger partial charge in [-0.2, -0.15) is 26.3 Å². The van der Waals surface area contributed by atoms with Crippen molar-refractivity contribution in [2.45, 2.75) is 52.1 Å². The van der Waals surface area contributed by atoms with Gasteiger partial charge < -0.3 is 35.6 Å². The van der Waals surface area contributed by atoms with Crippen molar-refractivity contribution >= 4 is 41.5 Å². The molecule has 10 nitrogen and oxygen atoms in total. The smallest absolute Gasteiger partial charge is 0.422 e. The number of ether oxygens (including phenoxy) is 2. The van der Waals surface area contributed by atoms with Crippen LogP contribution in [-0.4, -0.2) is 68.8 Å². The lowest BCUT2D eigenvalue weighted by atomic mass is 10.0. The Bertz CT molecular complexity index is 1090. The summed E-state index contributed by atoms with van der Waals surface area (Å²) in [5.74, 6) is -0.497. The van der Waals surface area contributed by atoms with Gasteiger partial charge in [-0.05, 0) is 24.0 Å². The molecule has 0 aliphatic heterocycles. The Morgan fingerprint density at radius 1 is 0.857 bits per heavy atom. The summed E-state index contributed by atoms with van der Waals surface area (Å²) >= 11 is 0. The van der Waals surface area contributed by atoms with Crippen molar-refractivity contribution in [1.29, 1.82) is 0 Å². The molecule has 1 heterocycles. The topological polar surface area (TPSA) is 145 Å². The summed E-state index contributed by atoms with van der Waals surface area (Å²) in [6.45, 7) is 3.99. The van der Waals surface area contributed by atoms with Gasteiger partial charge in [0.15, 0.2) is 19.0 Å². The van der Waals surface area contributed by atoms with E-state index in [-0.39, 0.29) is 49.1 Å². The molecule has 42 heavy (non-hydrogen) atoms. The lowest BCUT2D eigenvalue weighted by molar-refractivity contribution is -0.160. The van der Waals surface area contributed by atoms with Crippen LogP contribution in [-0.2, 0) is 9.47 Å². The number of hydrogen-bond donors (Lipinski definition) is 4. The number of rotatable bonds is 10. The van der Waals surface area contributed by atoms with Crippen LogP contribution in [0.25, 0.3) is 11.0 Å². The first-order valence-corrected chi connectivity index (χ1v) is 12.4. The molecule has 2 rings (SSSR count). The van der Waals surface area contributed by atoms with Gasteiger partial charge in [0.05, 0.1) is 6.04 Å². The highest BCUT2D eigenvalue weighted by molar-refractivity contribution is 5.96. The molecule has 2 aromatic rings. The second kappa shape index (κ2) is 17.5. The first kappa shape index (κ1) is 38.6. The number of carbonyl (C=O) groups is 3. The van der Waals surface area contributed by atoms with Crippen LogP contribution in [0.2, 0.25) is 0 Å². The first-order chi connectivity index (χ1) is 18.9. The minimum Gasteiger partial charge on any atom is -0.451 e. The normalized spacial score (nSPS) is 12.9. The maximum Gasteiger partial charge on any atom is 0.422 e. The van der Waals surface area contributed by atoms with Crippen LogP contribution in [0.5, 0.6) is 0 Å². The maximum absolute atomic E-state index is 12.2. The van der Waals surface area contributed by atoms with E-state index in [4.69, 9.17) is 10.2 Å². The van der Waals surface area contributed by atoms with E-state index in [2.05, 4.69) is 25.4 Å². The fraction of sp³-hybridized carbons (Fsp3) is 0.560. The number of furan rings is 1. The third kappa shape index (κ3) is 15.6. The van der Waals surface area contributed by atoms with Crippen molar-refractivity contribution in [2.24, 2.45) is 17.6 Å². The molecule has 0 radical (unpaired) electrons. The number of nitrogens with one attached hydrogen (secondary N) is 3. The minimum absolute atomic E-state index is 0. The number of alkyl carbamates (subject to hydrolysis) is 2. The number of alkyl halides is 6. The molecular formula is C25H35ClF6N4O6. The third-order valence-corrected chi connectivity index (χ3v) is 5.34. The number of halogens is 7. The van der Waals surface area contributed by atoms with Gasteiger partial charge in [0.2, 0.25) is 0 Å². The summed E-state index contributed by atoms with van der Waals surface area (Å²) in [5.41, 5.74) is 5.87. The highest BCUT2D eigenvalue weighted by Gasteiger charge is 2.31. The van der Waals surface area contributed by atoms with Crippen LogP contribution in [0.15, 0.2) is 34.7 Å². The van der Waals surface area contributed by atoms with Gasteiger partial charge in [-0.3, -0.25) is 4.79 Å². The zero-order valence-corrected chi connectivity index (χ0v) is 24.0. The molecule has 3 amide bonds. The van der Waals surface area contributed by atoms with Crippen molar-refractivity contribution < 1.29 is 54.6 Å². The van der Waals surface area contributed by atoms with Crippen molar-refractivity contribution in [3.63, 3.8) is 0 Å². The predicted octanol–water partition coefficient (Wildman–Crippen LogP) is 5.16. The van der Waals surface area contributed by atoms with Crippen LogP contribution in [0.1, 0.15) is 38.2 Å². The molecule has 0 bridgehead atoms. The van der Waals surface area contributed by atoms with Gasteiger partial charge in [-0.1, -0.05) is 45.9 Å². The van der Waals surface area contributed by atoms with E-state index in [1.165, 1.54) is 0 Å². The van der Waals surface area contributed by atoms with E-state index < -0.39 is 49.7 Å². The maximum atomic E-state index is 12.2. The van der Waals surface area contributed by atoms with Crippen LogP contribution in [0, 0.1) is 11.8 Å². The fourth-order valence-electron chi connectivity index (χ4n) is 3.02. The average molecular weight is 637 g/mol. The van der Waals surface area contributed by atoms with E-state index in [1.54, 1.807) is 52.0 Å². The Labute approximate surface area is 244 Å². The van der Waals surface area contributed by atoms with Crippen LogP contribution in [0.3, 0.4) is 0 Å². The molecule has 0 aliphatic rings. The SMILES string of the molecule is CC(C)[C@@H](CN)NC(=O)OCC(F)(F)F.CC(C)[C@@H](CNC(=O)c1cc2ccccc2o1)NC(=O)OCC(F)(F)F.Cl. The number of carbonyl (C=O) groups excluding carboxylic acids is 3. The molecular weight excluding hydrogens is 602 g/mol. The number of nitrogens with two attached hydrogens (primary N) is 1. The summed E-state index contributed by atoms with van der Waals surface area (Å²) in [4.78, 5) is 34.5. The Morgan fingerprint density at radius 2 is 1.33 bits per heavy atom. The van der Waals surface area contributed by atoms with Crippen molar-refractivity contribution in [1.82, 2.24) is 16.0 Å². The Hall–Kier alpha value is -3.40. The Morgan fingerprint density at radius 3 is 1.76 bits per heavy atom. The van der Waals surface area contributed by atoms with Crippen molar-refractivity contribution in [3.05, 3.63) is 36.1 Å². The molecule has 17 heteroatoms. The molecule has 0 saturated carbocycles. The lowest BCUT2D eigenvalue weighted by Crippen LogP contribution is -2.47. The third-order valence-electron chi connectivity index (χ3n) is 5.34. The van der Waals surface area contributed by atoms with E-state index in [1.807, 2.05) is 6.07 Å². The lowest BCUT2D eigenvalue weighted by Gasteiger charge is -2.22. The van der Waals surface area contributed by atoms with Crippen LogP contribution in [0.4, 0.5) is 35.9 Å². The number of amides is 3. The first-order valence-electron chi connectivity index (χ1n) is 12.4. The molecule has 1 aromatic carbocycles. The molecule has 0 aliphatic carbocycles. The standard InChI is InChI=1S/C17H19F3N2O4.C8H15F3N2O2.ClH/c1-10(2)12(22-16(24)25-9-17(18,19)20)8-21-15(23)14-7-11-5-3-4-6-13(11)26-14;1-5(2)6(3-12)13-7(14)15-4-8(9,10)11;/h3-7,10,12H,8-9H2,1-2H3,(H,21,23)(H,22,24);5-6H,3-4,12H2,1-2H3,(H,13,14);1H/t12-;6-;/m11./s1. The molecule has 240 valence electrons. The molecule has 2 atom stereocenters. The van der Waals surface area contributed by atoms with Gasteiger partial charge >= 0.3 is 24.5 Å². The number of benzene rings is 1. The summed E-state index contributed by atoms with van der Waals surface area (Å²) in [5, 5.41) is 7.93. The van der Waals surface area contributed by atoms with Gasteiger partial charge in [0.1, 0.15) is 5.58 Å². The minimum atomic E-state index is -4.60. The van der Waals surface area contributed by atoms with E-state index in [0.29, 0.717) is 5.58 Å². The number of hydrogen-bond acceptors (Lipinski definition) is 7. The monoisotopic (exact) mass is 636 g/mol. The van der Waals surface area contributed by atoms with Crippen molar-refractivity contribution in [3.8, 4) is 0 Å². The van der Waals surface area contributed by atoms with Gasteiger partial charge in [-0.15, -0.1) is 12.4 Å². The molecule has 0 fully saturated rings. The highest BCUT2D eigenvalue weighted by Crippen LogP contribution is 2.19.